The molecule has 7 nitrogen and oxygen atoms in total. The summed E-state index contributed by atoms with van der Waals surface area (Å²) in [7, 11) is -4.46. The zero-order valence-corrected chi connectivity index (χ0v) is 9.02. The highest BCUT2D eigenvalue weighted by atomic mass is 32.2. The minimum Gasteiger partial charge on any atom is -0.326 e. The van der Waals surface area contributed by atoms with E-state index in [9.17, 15) is 13.2 Å². The number of amides is 1. The molecule has 0 bridgehead atoms. The third-order valence-corrected chi connectivity index (χ3v) is 2.57. The number of hydrogen-bond donors (Lipinski definition) is 2. The summed E-state index contributed by atoms with van der Waals surface area (Å²) in [6, 6.07) is 3.40. The molecule has 0 aliphatic carbocycles. The van der Waals surface area contributed by atoms with E-state index in [1.54, 1.807) is 0 Å². The lowest BCUT2D eigenvalue weighted by molar-refractivity contribution is -0.114. The van der Waals surface area contributed by atoms with Gasteiger partial charge in [-0.15, -0.1) is 0 Å². The molecule has 0 fully saturated rings. The van der Waals surface area contributed by atoms with Gasteiger partial charge in [0.25, 0.3) is 0 Å². The number of carbonyl (C=O) groups excluding carboxylic acids is 1. The van der Waals surface area contributed by atoms with Crippen LogP contribution in [0.3, 0.4) is 0 Å². The fraction of sp³-hybridized carbons (Fsp3) is 0.125. The smallest absolute Gasteiger partial charge is 0.326 e. The average Bonchev–Trinajstić information content (AvgIpc) is 2.14. The first-order valence-electron chi connectivity index (χ1n) is 4.09. The average molecular weight is 242 g/mol. The molecule has 1 amide bonds. The van der Waals surface area contributed by atoms with Crippen LogP contribution >= 0.6 is 0 Å². The molecule has 0 heterocycles. The molecule has 0 aliphatic heterocycles. The Morgan fingerprint density at radius 3 is 2.56 bits per heavy atom. The van der Waals surface area contributed by atoms with E-state index < -0.39 is 15.0 Å². The van der Waals surface area contributed by atoms with E-state index >= 15 is 0 Å². The van der Waals surface area contributed by atoms with Crippen LogP contribution < -0.4 is 5.32 Å². The summed E-state index contributed by atoms with van der Waals surface area (Å²) < 4.78 is 30.5. The second-order valence-electron chi connectivity index (χ2n) is 2.94. The van der Waals surface area contributed by atoms with Gasteiger partial charge < -0.3 is 5.32 Å². The zero-order valence-electron chi connectivity index (χ0n) is 8.21. The number of benzene rings is 1. The molecule has 1 aromatic carbocycles. The van der Waals surface area contributed by atoms with Crippen LogP contribution in [0.1, 0.15) is 6.92 Å². The number of diazo groups is 1. The highest BCUT2D eigenvalue weighted by Crippen LogP contribution is 2.27. The van der Waals surface area contributed by atoms with Crippen molar-refractivity contribution in [1.82, 2.24) is 0 Å². The second kappa shape index (κ2) is 4.26. The first-order valence-corrected chi connectivity index (χ1v) is 5.53. The van der Waals surface area contributed by atoms with E-state index in [0.29, 0.717) is 0 Å². The van der Waals surface area contributed by atoms with Crippen molar-refractivity contribution >= 4 is 27.4 Å². The first kappa shape index (κ1) is 12.1. The molecule has 2 N–H and O–H groups in total. The number of nitrogens with one attached hydrogen (secondary N) is 1. The molecule has 1 rings (SSSR count). The molecule has 0 aliphatic rings. The Morgan fingerprint density at radius 2 is 2.12 bits per heavy atom. The number of carbonyl (C=O) groups is 1. The Balaban J connectivity index is 3.29. The largest absolute Gasteiger partial charge is 0.408 e. The predicted octanol–water partition coefficient (Wildman–Crippen LogP) is 1.38. The molecule has 0 radical (unpaired) electrons. The van der Waals surface area contributed by atoms with Gasteiger partial charge in [0.1, 0.15) is 0 Å². The zero-order chi connectivity index (χ0) is 12.3. The fourth-order valence-electron chi connectivity index (χ4n) is 1.09. The molecule has 0 atom stereocenters. The molecular formula is C8H8N3O4S+. The SMILES string of the molecule is CC(=O)Nc1ccc(S(=O)(=O)O)c([N+]#N)c1. The third kappa shape index (κ3) is 2.75. The van der Waals surface area contributed by atoms with Crippen LogP contribution in [0.15, 0.2) is 23.1 Å². The van der Waals surface area contributed by atoms with Gasteiger partial charge in [0, 0.05) is 12.6 Å². The van der Waals surface area contributed by atoms with Crippen LogP contribution in [0, 0.1) is 5.39 Å². The second-order valence-corrected chi connectivity index (χ2v) is 4.33. The molecule has 1 aromatic rings. The van der Waals surface area contributed by atoms with Crippen LogP contribution in [0.5, 0.6) is 0 Å². The summed E-state index contributed by atoms with van der Waals surface area (Å²) in [6.07, 6.45) is 0. The number of hydrogen-bond acceptors (Lipinski definition) is 4. The normalized spacial score (nSPS) is 10.6. The van der Waals surface area contributed by atoms with Crippen molar-refractivity contribution in [3.8, 4) is 0 Å². The molecule has 8 heteroatoms. The highest BCUT2D eigenvalue weighted by molar-refractivity contribution is 7.86. The first-order chi connectivity index (χ1) is 7.34. The molecule has 84 valence electrons. The highest BCUT2D eigenvalue weighted by Gasteiger charge is 2.24. The van der Waals surface area contributed by atoms with Gasteiger partial charge in [-0.25, -0.2) is 0 Å². The van der Waals surface area contributed by atoms with Crippen LogP contribution in [-0.4, -0.2) is 18.9 Å². The molecule has 0 saturated carbocycles. The van der Waals surface area contributed by atoms with Gasteiger partial charge >= 0.3 is 15.8 Å². The standard InChI is InChI=1S/C8H7N3O4S/c1-5(12)10-6-2-3-8(16(13,14)15)7(4-6)11-9/h2-4H,1H3,(H-,10,12,13,14,15)/p+1. The number of anilines is 1. The van der Waals surface area contributed by atoms with Crippen molar-refractivity contribution in [2.75, 3.05) is 5.32 Å². The van der Waals surface area contributed by atoms with Crippen molar-refractivity contribution in [3.63, 3.8) is 0 Å². The van der Waals surface area contributed by atoms with Crippen molar-refractivity contribution < 1.29 is 17.8 Å². The van der Waals surface area contributed by atoms with E-state index in [4.69, 9.17) is 9.95 Å². The lowest BCUT2D eigenvalue weighted by atomic mass is 10.3. The van der Waals surface area contributed by atoms with Crippen molar-refractivity contribution in [2.45, 2.75) is 11.8 Å². The van der Waals surface area contributed by atoms with Gasteiger partial charge in [-0.3, -0.25) is 9.35 Å². The van der Waals surface area contributed by atoms with E-state index in [1.165, 1.54) is 13.0 Å². The quantitative estimate of drug-likeness (QED) is 0.601. The summed E-state index contributed by atoms with van der Waals surface area (Å²) in [6.45, 7) is 1.27. The lowest BCUT2D eigenvalue weighted by Gasteiger charge is -2.00. The molecule has 0 aromatic heterocycles. The van der Waals surface area contributed by atoms with Gasteiger partial charge in [0.05, 0.1) is 6.07 Å². The van der Waals surface area contributed by atoms with Crippen LogP contribution in [-0.2, 0) is 14.9 Å². The minimum atomic E-state index is -4.46. The summed E-state index contributed by atoms with van der Waals surface area (Å²) in [5.41, 5.74) is -0.0959. The summed E-state index contributed by atoms with van der Waals surface area (Å²) >= 11 is 0. The number of rotatable bonds is 2. The minimum absolute atomic E-state index is 0.257. The summed E-state index contributed by atoms with van der Waals surface area (Å²) in [5.74, 6) is -0.358. The molecule has 16 heavy (non-hydrogen) atoms. The maximum atomic E-state index is 10.8. The Bertz CT molecular complexity index is 573. The van der Waals surface area contributed by atoms with Gasteiger partial charge in [-0.1, -0.05) is 0 Å². The monoisotopic (exact) mass is 242 g/mol. The van der Waals surface area contributed by atoms with Gasteiger partial charge in [0.2, 0.25) is 11.3 Å². The van der Waals surface area contributed by atoms with E-state index in [0.717, 1.165) is 12.1 Å². The van der Waals surface area contributed by atoms with Gasteiger partial charge in [-0.05, 0) is 12.1 Å². The van der Waals surface area contributed by atoms with E-state index in [2.05, 4.69) is 10.3 Å². The maximum absolute atomic E-state index is 10.8. The Kier molecular flexibility index (Phi) is 3.22. The van der Waals surface area contributed by atoms with E-state index in [1.807, 2.05) is 0 Å². The van der Waals surface area contributed by atoms with Crippen LogP contribution in [0.25, 0.3) is 4.98 Å². The summed E-state index contributed by atoms with van der Waals surface area (Å²) in [4.78, 5) is 12.9. The molecular weight excluding hydrogens is 234 g/mol. The van der Waals surface area contributed by atoms with Gasteiger partial charge in [-0.2, -0.15) is 8.42 Å². The predicted molar refractivity (Wildman–Crippen MR) is 55.3 cm³/mol. The van der Waals surface area contributed by atoms with Crippen LogP contribution in [0.2, 0.25) is 0 Å². The molecule has 0 saturated heterocycles. The topological polar surface area (TPSA) is 112 Å². The molecule has 0 unspecified atom stereocenters. The maximum Gasteiger partial charge on any atom is 0.408 e. The van der Waals surface area contributed by atoms with E-state index in [-0.39, 0.29) is 17.3 Å². The van der Waals surface area contributed by atoms with Crippen LogP contribution in [0.4, 0.5) is 11.4 Å². The Hall–Kier alpha value is -1.98. The van der Waals surface area contributed by atoms with Crippen molar-refractivity contribution in [3.05, 3.63) is 23.2 Å². The third-order valence-electron chi connectivity index (χ3n) is 1.66. The van der Waals surface area contributed by atoms with Crippen molar-refractivity contribution in [1.29, 1.82) is 5.39 Å². The molecule has 0 spiro atoms. The lowest BCUT2D eigenvalue weighted by Crippen LogP contribution is -2.06. The Morgan fingerprint density at radius 1 is 1.50 bits per heavy atom. The van der Waals surface area contributed by atoms with Crippen molar-refractivity contribution in [2.24, 2.45) is 0 Å². The van der Waals surface area contributed by atoms with Gasteiger partial charge in [0.15, 0.2) is 9.87 Å². The summed E-state index contributed by atoms with van der Waals surface area (Å²) in [5, 5.41) is 10.9. The fourth-order valence-corrected chi connectivity index (χ4v) is 1.70. The number of nitrogens with zero attached hydrogens (tertiary/aromatic N) is 2. The Labute approximate surface area is 91.5 Å².